The van der Waals surface area contributed by atoms with Crippen molar-refractivity contribution >= 4 is 29.2 Å². The molecule has 0 radical (unpaired) electrons. The summed E-state index contributed by atoms with van der Waals surface area (Å²) in [6.45, 7) is 13.8. The molecule has 3 rings (SSSR count). The first-order valence-corrected chi connectivity index (χ1v) is 11.4. The zero-order valence-electron chi connectivity index (χ0n) is 18.1. The van der Waals surface area contributed by atoms with Crippen molar-refractivity contribution in [3.8, 4) is 0 Å². The van der Waals surface area contributed by atoms with Crippen molar-refractivity contribution in [1.29, 1.82) is 0 Å². The lowest BCUT2D eigenvalue weighted by molar-refractivity contribution is -0.117. The first kappa shape index (κ1) is 22.3. The number of anilines is 2. The molecule has 2 heterocycles. The Morgan fingerprint density at radius 1 is 1.23 bits per heavy atom. The second kappa shape index (κ2) is 10.6. The molecule has 1 N–H and O–H groups in total. The monoisotopic (exact) mass is 425 g/mol. The van der Waals surface area contributed by atoms with E-state index < -0.39 is 0 Å². The zero-order valence-corrected chi connectivity index (χ0v) is 18.9. The van der Waals surface area contributed by atoms with Gasteiger partial charge in [0.25, 0.3) is 0 Å². The lowest BCUT2D eigenvalue weighted by Crippen LogP contribution is -2.49. The number of nitrogens with one attached hydrogen (secondary N) is 1. The number of rotatable bonds is 8. The van der Waals surface area contributed by atoms with E-state index in [2.05, 4.69) is 40.5 Å². The van der Waals surface area contributed by atoms with Crippen LogP contribution in [-0.2, 0) is 4.79 Å². The van der Waals surface area contributed by atoms with E-state index in [4.69, 9.17) is 4.98 Å². The third-order valence-corrected chi connectivity index (χ3v) is 6.03. The van der Waals surface area contributed by atoms with Gasteiger partial charge in [-0.3, -0.25) is 9.69 Å². The van der Waals surface area contributed by atoms with Crippen molar-refractivity contribution in [2.24, 2.45) is 0 Å². The van der Waals surface area contributed by atoms with Gasteiger partial charge in [-0.1, -0.05) is 32.1 Å². The minimum Gasteiger partial charge on any atom is -0.354 e. The van der Waals surface area contributed by atoms with E-state index in [0.717, 1.165) is 59.9 Å². The molecule has 0 saturated carbocycles. The molecule has 1 amide bonds. The van der Waals surface area contributed by atoms with Crippen LogP contribution >= 0.6 is 11.8 Å². The van der Waals surface area contributed by atoms with Gasteiger partial charge in [-0.25, -0.2) is 9.97 Å². The maximum Gasteiger partial charge on any atom is 0.238 e. The molecule has 1 aliphatic rings. The van der Waals surface area contributed by atoms with E-state index >= 15 is 0 Å². The molecule has 1 aliphatic heterocycles. The third-order valence-electron chi connectivity index (χ3n) is 4.96. The van der Waals surface area contributed by atoms with Crippen LogP contribution in [0.4, 0.5) is 11.5 Å². The fourth-order valence-corrected chi connectivity index (χ4v) is 4.11. The average Bonchev–Trinajstić information content (AvgIpc) is 2.73. The van der Waals surface area contributed by atoms with Crippen molar-refractivity contribution in [2.75, 3.05) is 48.7 Å². The predicted molar refractivity (Wildman–Crippen MR) is 126 cm³/mol. The Bertz CT molecular complexity index is 878. The van der Waals surface area contributed by atoms with Crippen molar-refractivity contribution in [2.45, 2.75) is 31.6 Å². The van der Waals surface area contributed by atoms with Crippen molar-refractivity contribution in [3.63, 3.8) is 0 Å². The molecule has 1 aromatic heterocycles. The Morgan fingerprint density at radius 2 is 1.97 bits per heavy atom. The fourth-order valence-electron chi connectivity index (χ4n) is 3.37. The summed E-state index contributed by atoms with van der Waals surface area (Å²) < 4.78 is 0. The molecule has 0 spiro atoms. The average molecular weight is 426 g/mol. The SMILES string of the molecule is C=CCSc1ccccc1NC(=O)CN1CCN(c2cc(C)nc(C(C)C)n2)CC1. The van der Waals surface area contributed by atoms with Gasteiger partial charge in [-0.2, -0.15) is 0 Å². The number of aryl methyl sites for hydroxylation is 1. The number of thioether (sulfide) groups is 1. The number of carbonyl (C=O) groups is 1. The van der Waals surface area contributed by atoms with Gasteiger partial charge in [0.2, 0.25) is 5.91 Å². The highest BCUT2D eigenvalue weighted by Gasteiger charge is 2.21. The van der Waals surface area contributed by atoms with Crippen LogP contribution in [0.25, 0.3) is 0 Å². The summed E-state index contributed by atoms with van der Waals surface area (Å²) in [6, 6.07) is 9.95. The summed E-state index contributed by atoms with van der Waals surface area (Å²) in [5.74, 6) is 3.02. The molecule has 2 aromatic rings. The Balaban J connectivity index is 1.54. The first-order chi connectivity index (χ1) is 14.5. The second-order valence-corrected chi connectivity index (χ2v) is 8.85. The number of para-hydroxylation sites is 1. The van der Waals surface area contributed by atoms with E-state index in [1.807, 2.05) is 43.3 Å². The number of hydrogen-bond donors (Lipinski definition) is 1. The van der Waals surface area contributed by atoms with Gasteiger partial charge in [0.05, 0.1) is 12.2 Å². The van der Waals surface area contributed by atoms with E-state index in [1.165, 1.54) is 0 Å². The smallest absolute Gasteiger partial charge is 0.238 e. The quantitative estimate of drug-likeness (QED) is 0.510. The first-order valence-electron chi connectivity index (χ1n) is 10.4. The van der Waals surface area contributed by atoms with Crippen molar-refractivity contribution in [3.05, 3.63) is 54.5 Å². The minimum absolute atomic E-state index is 0.0232. The zero-order chi connectivity index (χ0) is 21.5. The molecular formula is C23H31N5OS. The molecular weight excluding hydrogens is 394 g/mol. The van der Waals surface area contributed by atoms with E-state index in [0.29, 0.717) is 12.5 Å². The molecule has 1 aromatic carbocycles. The molecule has 7 heteroatoms. The lowest BCUT2D eigenvalue weighted by atomic mass is 10.2. The van der Waals surface area contributed by atoms with Crippen LogP contribution in [0.15, 0.2) is 47.9 Å². The second-order valence-electron chi connectivity index (χ2n) is 7.79. The molecule has 160 valence electrons. The highest BCUT2D eigenvalue weighted by atomic mass is 32.2. The molecule has 1 saturated heterocycles. The van der Waals surface area contributed by atoms with Gasteiger partial charge in [0, 0.05) is 54.5 Å². The van der Waals surface area contributed by atoms with Gasteiger partial charge < -0.3 is 10.2 Å². The summed E-state index contributed by atoms with van der Waals surface area (Å²) in [4.78, 5) is 27.4. The molecule has 30 heavy (non-hydrogen) atoms. The van der Waals surface area contributed by atoms with E-state index in [-0.39, 0.29) is 5.91 Å². The van der Waals surface area contributed by atoms with E-state index in [9.17, 15) is 4.79 Å². The van der Waals surface area contributed by atoms with Crippen LogP contribution < -0.4 is 10.2 Å². The summed E-state index contributed by atoms with van der Waals surface area (Å²) in [5, 5.41) is 3.07. The highest BCUT2D eigenvalue weighted by Crippen LogP contribution is 2.27. The molecule has 0 aliphatic carbocycles. The number of piperazine rings is 1. The van der Waals surface area contributed by atoms with Gasteiger partial charge in [-0.15, -0.1) is 18.3 Å². The van der Waals surface area contributed by atoms with Crippen LogP contribution in [0.2, 0.25) is 0 Å². The molecule has 0 unspecified atom stereocenters. The van der Waals surface area contributed by atoms with Gasteiger partial charge >= 0.3 is 0 Å². The Kier molecular flexibility index (Phi) is 7.87. The topological polar surface area (TPSA) is 61.4 Å². The summed E-state index contributed by atoms with van der Waals surface area (Å²) in [7, 11) is 0. The predicted octanol–water partition coefficient (Wildman–Crippen LogP) is 3.95. The number of amides is 1. The number of aromatic nitrogens is 2. The Morgan fingerprint density at radius 3 is 2.67 bits per heavy atom. The lowest BCUT2D eigenvalue weighted by Gasteiger charge is -2.35. The largest absolute Gasteiger partial charge is 0.354 e. The van der Waals surface area contributed by atoms with Gasteiger partial charge in [0.15, 0.2) is 0 Å². The molecule has 0 bridgehead atoms. The standard InChI is InChI=1S/C23H31N5OS/c1-5-14-30-20-9-7-6-8-19(20)25-22(29)16-27-10-12-28(13-11-27)21-15-18(4)24-23(26-21)17(2)3/h5-9,15,17H,1,10-14,16H2,2-4H3,(H,25,29). The van der Waals surface area contributed by atoms with Crippen LogP contribution in [-0.4, -0.2) is 59.3 Å². The maximum atomic E-state index is 12.6. The van der Waals surface area contributed by atoms with Crippen LogP contribution in [0.3, 0.4) is 0 Å². The highest BCUT2D eigenvalue weighted by molar-refractivity contribution is 7.99. The summed E-state index contributed by atoms with van der Waals surface area (Å²) in [5.41, 5.74) is 1.86. The van der Waals surface area contributed by atoms with Crippen LogP contribution in [0, 0.1) is 6.92 Å². The number of carbonyl (C=O) groups excluding carboxylic acids is 1. The number of nitrogens with zero attached hydrogens (tertiary/aromatic N) is 4. The Hall–Kier alpha value is -2.38. The molecule has 0 atom stereocenters. The fraction of sp³-hybridized carbons (Fsp3) is 0.435. The minimum atomic E-state index is 0.0232. The third kappa shape index (κ3) is 6.06. The Labute approximate surface area is 183 Å². The van der Waals surface area contributed by atoms with Crippen LogP contribution in [0.5, 0.6) is 0 Å². The summed E-state index contributed by atoms with van der Waals surface area (Å²) >= 11 is 1.67. The molecule has 6 nitrogen and oxygen atoms in total. The van der Waals surface area contributed by atoms with Gasteiger partial charge in [0.1, 0.15) is 11.6 Å². The van der Waals surface area contributed by atoms with Crippen LogP contribution in [0.1, 0.15) is 31.3 Å². The van der Waals surface area contributed by atoms with Crippen molar-refractivity contribution < 1.29 is 4.79 Å². The van der Waals surface area contributed by atoms with Gasteiger partial charge in [-0.05, 0) is 19.1 Å². The summed E-state index contributed by atoms with van der Waals surface area (Å²) in [6.07, 6.45) is 1.87. The maximum absolute atomic E-state index is 12.6. The number of benzene rings is 1. The normalized spacial score (nSPS) is 14.7. The van der Waals surface area contributed by atoms with E-state index in [1.54, 1.807) is 11.8 Å². The number of hydrogen-bond acceptors (Lipinski definition) is 6. The van der Waals surface area contributed by atoms with Crippen molar-refractivity contribution in [1.82, 2.24) is 14.9 Å². The molecule has 1 fully saturated rings.